The van der Waals surface area contributed by atoms with Gasteiger partial charge in [0, 0.05) is 6.42 Å². The summed E-state index contributed by atoms with van der Waals surface area (Å²) in [6.07, 6.45) is 49.1. The number of hydrogen-bond acceptors (Lipinski definition) is 10. The van der Waals surface area contributed by atoms with E-state index in [2.05, 4.69) is 62.5 Å². The lowest BCUT2D eigenvalue weighted by molar-refractivity contribution is -0.305. The molecule has 8 unspecified atom stereocenters. The van der Waals surface area contributed by atoms with Crippen LogP contribution in [-0.4, -0.2) is 99.6 Å². The molecule has 11 nitrogen and oxygen atoms in total. The SMILES string of the molecule is CC/C=C/C=C/C=C/C=C\CCCCCCCC(=O)OC1C(OCC(NC(=O)C(O)CCCCCCCC/C=C/C/C=C/CC)C(O)/C=C/CCCCCCCCCCCCC)OC(CO)C(O)C1O. The van der Waals surface area contributed by atoms with Gasteiger partial charge >= 0.3 is 5.97 Å². The predicted octanol–water partition coefficient (Wildman–Crippen LogP) is 12.2. The number of carbonyl (C=O) groups is 2. The maximum Gasteiger partial charge on any atom is 0.306 e. The Labute approximate surface area is 425 Å². The van der Waals surface area contributed by atoms with Gasteiger partial charge < -0.3 is 45.1 Å². The lowest BCUT2D eigenvalue weighted by atomic mass is 9.99. The van der Waals surface area contributed by atoms with Gasteiger partial charge in [-0.2, -0.15) is 0 Å². The van der Waals surface area contributed by atoms with Crippen molar-refractivity contribution in [3.63, 3.8) is 0 Å². The highest BCUT2D eigenvalue weighted by Crippen LogP contribution is 2.26. The Morgan fingerprint density at radius 3 is 1.70 bits per heavy atom. The number of rotatable bonds is 45. The molecule has 0 aromatic rings. The van der Waals surface area contributed by atoms with E-state index in [9.17, 15) is 35.1 Å². The summed E-state index contributed by atoms with van der Waals surface area (Å²) in [6.45, 7) is 5.50. The molecule has 1 aliphatic heterocycles. The molecule has 0 spiro atoms. The van der Waals surface area contributed by atoms with Gasteiger partial charge in [-0.25, -0.2) is 0 Å². The third kappa shape index (κ3) is 35.0. The average molecular weight is 984 g/mol. The monoisotopic (exact) mass is 984 g/mol. The van der Waals surface area contributed by atoms with Crippen molar-refractivity contribution in [1.29, 1.82) is 0 Å². The molecule has 0 radical (unpaired) electrons. The molecule has 1 amide bonds. The highest BCUT2D eigenvalue weighted by Gasteiger charge is 2.47. The molecule has 0 aliphatic carbocycles. The van der Waals surface area contributed by atoms with E-state index in [-0.39, 0.29) is 19.4 Å². The average Bonchev–Trinajstić information content (AvgIpc) is 3.36. The number of ether oxygens (including phenoxy) is 3. The zero-order chi connectivity index (χ0) is 51.1. The molecular formula is C59H101NO10. The fourth-order valence-corrected chi connectivity index (χ4v) is 8.23. The number of allylic oxidation sites excluding steroid dienone is 13. The minimum absolute atomic E-state index is 0.0926. The Kier molecular flexibility index (Phi) is 43.4. The number of amides is 1. The number of nitrogens with one attached hydrogen (secondary N) is 1. The smallest absolute Gasteiger partial charge is 0.306 e. The van der Waals surface area contributed by atoms with Crippen LogP contribution in [0.25, 0.3) is 0 Å². The third-order valence-electron chi connectivity index (χ3n) is 12.6. The summed E-state index contributed by atoms with van der Waals surface area (Å²) in [4.78, 5) is 26.4. The zero-order valence-corrected chi connectivity index (χ0v) is 44.1. The fraction of sp³-hybridized carbons (Fsp3) is 0.729. The van der Waals surface area contributed by atoms with Gasteiger partial charge in [-0.05, 0) is 70.6 Å². The van der Waals surface area contributed by atoms with Crippen molar-refractivity contribution >= 4 is 11.9 Å². The normalized spacial score (nSPS) is 20.4. The van der Waals surface area contributed by atoms with Crippen molar-refractivity contribution in [3.05, 3.63) is 85.1 Å². The summed E-state index contributed by atoms with van der Waals surface area (Å²) in [6, 6.07) is -1.04. The first-order valence-electron chi connectivity index (χ1n) is 27.9. The minimum atomic E-state index is -1.63. The first-order chi connectivity index (χ1) is 34.2. The fourth-order valence-electron chi connectivity index (χ4n) is 8.23. The Balaban J connectivity index is 2.78. The number of unbranched alkanes of at least 4 members (excludes halogenated alkanes) is 22. The standard InChI is InChI=1S/C59H101NO10/c1-4-7-10-13-16-19-22-25-26-29-32-35-38-41-44-47-54(64)70-57-56(66)55(65)53(48-61)69-59(57)68-49-50(51(62)45-42-39-36-33-30-27-23-20-17-14-11-8-5-2)60-58(67)52(63)46-43-40-37-34-31-28-24-21-18-15-12-9-6-3/h7,9-10,12-13,16,18-19,21-22,25-26,42,45,50-53,55-57,59,61-63,65-66H,4-6,8,11,14-15,17,20,23-24,27-41,43-44,46-49H2,1-3H3,(H,60,67)/b10-7+,12-9+,16-13+,21-18+,22-19+,26-25-,45-42+. The van der Waals surface area contributed by atoms with Crippen molar-refractivity contribution in [3.8, 4) is 0 Å². The van der Waals surface area contributed by atoms with E-state index in [1.165, 1.54) is 57.8 Å². The van der Waals surface area contributed by atoms with E-state index < -0.39 is 67.4 Å². The van der Waals surface area contributed by atoms with E-state index >= 15 is 0 Å². The van der Waals surface area contributed by atoms with E-state index in [1.807, 2.05) is 42.5 Å². The number of hydrogen-bond donors (Lipinski definition) is 6. The second-order valence-corrected chi connectivity index (χ2v) is 19.0. The number of esters is 1. The zero-order valence-electron chi connectivity index (χ0n) is 44.1. The minimum Gasteiger partial charge on any atom is -0.454 e. The largest absolute Gasteiger partial charge is 0.454 e. The molecule has 8 atom stereocenters. The van der Waals surface area contributed by atoms with Crippen molar-refractivity contribution in [2.75, 3.05) is 13.2 Å². The van der Waals surface area contributed by atoms with Gasteiger partial charge in [0.25, 0.3) is 0 Å². The second-order valence-electron chi connectivity index (χ2n) is 19.0. The van der Waals surface area contributed by atoms with Gasteiger partial charge in [0.1, 0.15) is 24.4 Å². The summed E-state index contributed by atoms with van der Waals surface area (Å²) < 4.78 is 17.5. The molecule has 402 valence electrons. The van der Waals surface area contributed by atoms with Crippen LogP contribution in [0.1, 0.15) is 213 Å². The first kappa shape index (κ1) is 64.9. The van der Waals surface area contributed by atoms with Crippen LogP contribution in [-0.2, 0) is 23.8 Å². The van der Waals surface area contributed by atoms with Crippen molar-refractivity contribution < 1.29 is 49.3 Å². The Morgan fingerprint density at radius 2 is 1.10 bits per heavy atom. The lowest BCUT2D eigenvalue weighted by Crippen LogP contribution is -2.61. The molecule has 11 heteroatoms. The number of aliphatic hydroxyl groups excluding tert-OH is 5. The summed E-state index contributed by atoms with van der Waals surface area (Å²) in [7, 11) is 0. The lowest BCUT2D eigenvalue weighted by Gasteiger charge is -2.41. The Hall–Kier alpha value is -3.16. The van der Waals surface area contributed by atoms with Crippen molar-refractivity contribution in [2.45, 2.75) is 262 Å². The van der Waals surface area contributed by atoms with E-state index in [0.717, 1.165) is 109 Å². The van der Waals surface area contributed by atoms with Crippen LogP contribution in [0, 0.1) is 0 Å². The highest BCUT2D eigenvalue weighted by molar-refractivity contribution is 5.80. The molecule has 1 fully saturated rings. The summed E-state index contributed by atoms with van der Waals surface area (Å²) in [5.74, 6) is -1.23. The molecule has 0 aromatic heterocycles. The van der Waals surface area contributed by atoms with Gasteiger partial charge in [-0.3, -0.25) is 9.59 Å². The maximum absolute atomic E-state index is 13.4. The summed E-state index contributed by atoms with van der Waals surface area (Å²) >= 11 is 0. The molecule has 1 heterocycles. The van der Waals surface area contributed by atoms with E-state index in [1.54, 1.807) is 6.08 Å². The molecule has 1 saturated heterocycles. The van der Waals surface area contributed by atoms with Crippen molar-refractivity contribution in [2.24, 2.45) is 0 Å². The first-order valence-corrected chi connectivity index (χ1v) is 27.9. The Bertz CT molecular complexity index is 1460. The summed E-state index contributed by atoms with van der Waals surface area (Å²) in [5, 5.41) is 56.7. The van der Waals surface area contributed by atoms with Crippen LogP contribution in [0.4, 0.5) is 0 Å². The molecule has 0 saturated carbocycles. The molecule has 1 rings (SSSR count). The highest BCUT2D eigenvalue weighted by atomic mass is 16.7. The molecule has 6 N–H and O–H groups in total. The molecule has 70 heavy (non-hydrogen) atoms. The quantitative estimate of drug-likeness (QED) is 0.0149. The van der Waals surface area contributed by atoms with Crippen LogP contribution in [0.3, 0.4) is 0 Å². The maximum atomic E-state index is 13.4. The second kappa shape index (κ2) is 46.9. The van der Waals surface area contributed by atoms with Crippen LogP contribution < -0.4 is 5.32 Å². The van der Waals surface area contributed by atoms with Gasteiger partial charge in [-0.1, -0.05) is 221 Å². The van der Waals surface area contributed by atoms with E-state index in [0.29, 0.717) is 12.8 Å². The van der Waals surface area contributed by atoms with Crippen molar-refractivity contribution in [1.82, 2.24) is 5.32 Å². The van der Waals surface area contributed by atoms with Crippen LogP contribution in [0.15, 0.2) is 85.1 Å². The Morgan fingerprint density at radius 1 is 0.586 bits per heavy atom. The topological polar surface area (TPSA) is 175 Å². The summed E-state index contributed by atoms with van der Waals surface area (Å²) in [5.41, 5.74) is 0. The predicted molar refractivity (Wildman–Crippen MR) is 287 cm³/mol. The molecular weight excluding hydrogens is 883 g/mol. The molecule has 0 bridgehead atoms. The third-order valence-corrected chi connectivity index (χ3v) is 12.6. The van der Waals surface area contributed by atoms with Gasteiger partial charge in [0.2, 0.25) is 5.91 Å². The van der Waals surface area contributed by atoms with Crippen LogP contribution >= 0.6 is 0 Å². The van der Waals surface area contributed by atoms with Crippen LogP contribution in [0.5, 0.6) is 0 Å². The number of carbonyl (C=O) groups excluding carboxylic acids is 2. The molecule has 1 aliphatic rings. The van der Waals surface area contributed by atoms with E-state index in [4.69, 9.17) is 14.2 Å². The number of aliphatic hydroxyl groups is 5. The van der Waals surface area contributed by atoms with Crippen LogP contribution in [0.2, 0.25) is 0 Å². The molecule has 0 aromatic carbocycles. The van der Waals surface area contributed by atoms with Gasteiger partial charge in [-0.15, -0.1) is 0 Å². The van der Waals surface area contributed by atoms with Gasteiger partial charge in [0.15, 0.2) is 12.4 Å². The van der Waals surface area contributed by atoms with Gasteiger partial charge in [0.05, 0.1) is 25.4 Å².